The van der Waals surface area contributed by atoms with E-state index in [0.717, 1.165) is 0 Å². The number of halogens is 1. The second-order valence-corrected chi connectivity index (χ2v) is 3.26. The monoisotopic (exact) mass is 214 g/mol. The van der Waals surface area contributed by atoms with Gasteiger partial charge < -0.3 is 9.84 Å². The molecule has 3 nitrogen and oxygen atoms in total. The third kappa shape index (κ3) is 2.92. The van der Waals surface area contributed by atoms with Gasteiger partial charge in [0.1, 0.15) is 5.75 Å². The first-order chi connectivity index (χ1) is 6.63. The lowest BCUT2D eigenvalue weighted by molar-refractivity contribution is 0.0696. The summed E-state index contributed by atoms with van der Waals surface area (Å²) in [6, 6.07) is 6.26. The molecule has 0 bridgehead atoms. The first-order valence-corrected chi connectivity index (χ1v) is 4.71. The molecule has 1 aromatic rings. The van der Waals surface area contributed by atoms with E-state index >= 15 is 0 Å². The van der Waals surface area contributed by atoms with Crippen molar-refractivity contribution in [3.8, 4) is 5.75 Å². The fourth-order valence-electron chi connectivity index (χ4n) is 0.933. The highest BCUT2D eigenvalue weighted by molar-refractivity contribution is 6.19. The zero-order valence-corrected chi connectivity index (χ0v) is 8.49. The molecule has 1 rings (SSSR count). The van der Waals surface area contributed by atoms with E-state index in [1.807, 2.05) is 6.92 Å². The van der Waals surface area contributed by atoms with E-state index in [1.165, 1.54) is 12.1 Å². The average molecular weight is 215 g/mol. The Morgan fingerprint density at radius 1 is 1.64 bits per heavy atom. The predicted octanol–water partition coefficient (Wildman–Crippen LogP) is 2.74. The van der Waals surface area contributed by atoms with Crippen LogP contribution < -0.4 is 4.74 Å². The molecule has 0 fully saturated rings. The SMILES string of the molecule is CCC(Cl)Oc1cccc(C(=O)O)c1. The van der Waals surface area contributed by atoms with Crippen LogP contribution in [0.25, 0.3) is 0 Å². The van der Waals surface area contributed by atoms with Gasteiger partial charge in [0.05, 0.1) is 5.56 Å². The van der Waals surface area contributed by atoms with Crippen LogP contribution in [-0.2, 0) is 0 Å². The van der Waals surface area contributed by atoms with E-state index in [2.05, 4.69) is 0 Å². The fraction of sp³-hybridized carbons (Fsp3) is 0.300. The summed E-state index contributed by atoms with van der Waals surface area (Å²) >= 11 is 5.76. The Balaban J connectivity index is 2.78. The fourth-order valence-corrected chi connectivity index (χ4v) is 1.04. The van der Waals surface area contributed by atoms with Crippen LogP contribution >= 0.6 is 11.6 Å². The molecule has 0 aliphatic rings. The zero-order valence-electron chi connectivity index (χ0n) is 7.74. The van der Waals surface area contributed by atoms with Crippen molar-refractivity contribution in [2.24, 2.45) is 0 Å². The minimum Gasteiger partial charge on any atom is -0.478 e. The summed E-state index contributed by atoms with van der Waals surface area (Å²) in [6.45, 7) is 1.89. The molecule has 1 aromatic carbocycles. The number of hydrogen-bond donors (Lipinski definition) is 1. The van der Waals surface area contributed by atoms with Crippen LogP contribution in [0.15, 0.2) is 24.3 Å². The number of aromatic carboxylic acids is 1. The minimum atomic E-state index is -0.974. The molecule has 0 radical (unpaired) electrons. The van der Waals surface area contributed by atoms with Crippen LogP contribution in [0.3, 0.4) is 0 Å². The molecule has 0 heterocycles. The number of carboxylic acid groups (broad SMARTS) is 1. The van der Waals surface area contributed by atoms with Gasteiger partial charge in [-0.05, 0) is 24.6 Å². The van der Waals surface area contributed by atoms with E-state index in [-0.39, 0.29) is 5.56 Å². The third-order valence-electron chi connectivity index (χ3n) is 1.67. The van der Waals surface area contributed by atoms with Gasteiger partial charge in [0.15, 0.2) is 5.56 Å². The lowest BCUT2D eigenvalue weighted by Crippen LogP contribution is -2.07. The molecule has 0 saturated carbocycles. The smallest absolute Gasteiger partial charge is 0.335 e. The number of hydrogen-bond acceptors (Lipinski definition) is 2. The molecule has 0 spiro atoms. The molecule has 4 heteroatoms. The van der Waals surface area contributed by atoms with Crippen LogP contribution in [0, 0.1) is 0 Å². The van der Waals surface area contributed by atoms with Crippen molar-refractivity contribution < 1.29 is 14.6 Å². The van der Waals surface area contributed by atoms with E-state index in [9.17, 15) is 4.79 Å². The summed E-state index contributed by atoms with van der Waals surface area (Å²) in [7, 11) is 0. The standard InChI is InChI=1S/C10H11ClO3/c1-2-9(11)14-8-5-3-4-7(6-8)10(12)13/h3-6,9H,2H2,1H3,(H,12,13). The highest BCUT2D eigenvalue weighted by atomic mass is 35.5. The molecule has 0 saturated heterocycles. The summed E-state index contributed by atoms with van der Waals surface area (Å²) < 4.78 is 5.26. The number of benzene rings is 1. The maximum atomic E-state index is 10.6. The van der Waals surface area contributed by atoms with Gasteiger partial charge in [-0.2, -0.15) is 0 Å². The molecule has 1 unspecified atom stereocenters. The number of carbonyl (C=O) groups is 1. The number of alkyl halides is 1. The van der Waals surface area contributed by atoms with E-state index in [0.29, 0.717) is 12.2 Å². The van der Waals surface area contributed by atoms with Gasteiger partial charge in [-0.1, -0.05) is 24.6 Å². The Labute approximate surface area is 87.3 Å². The molecule has 14 heavy (non-hydrogen) atoms. The molecule has 0 aliphatic carbocycles. The predicted molar refractivity (Wildman–Crippen MR) is 54.0 cm³/mol. The summed E-state index contributed by atoms with van der Waals surface area (Å²) in [5.41, 5.74) is -0.221. The van der Waals surface area contributed by atoms with Crippen molar-refractivity contribution in [2.45, 2.75) is 18.9 Å². The molecule has 0 aromatic heterocycles. The lowest BCUT2D eigenvalue weighted by Gasteiger charge is -2.10. The van der Waals surface area contributed by atoms with Crippen LogP contribution in [0.5, 0.6) is 5.75 Å². The Morgan fingerprint density at radius 3 is 2.93 bits per heavy atom. The van der Waals surface area contributed by atoms with Crippen LogP contribution in [0.2, 0.25) is 0 Å². The van der Waals surface area contributed by atoms with Crippen molar-refractivity contribution >= 4 is 17.6 Å². The Bertz CT molecular complexity index is 325. The van der Waals surface area contributed by atoms with E-state index in [4.69, 9.17) is 21.4 Å². The van der Waals surface area contributed by atoms with Gasteiger partial charge in [-0.3, -0.25) is 0 Å². The molecule has 1 N–H and O–H groups in total. The third-order valence-corrected chi connectivity index (χ3v) is 2.06. The first-order valence-electron chi connectivity index (χ1n) is 4.27. The van der Waals surface area contributed by atoms with E-state index < -0.39 is 11.5 Å². The summed E-state index contributed by atoms with van der Waals surface area (Å²) in [4.78, 5) is 10.6. The molecule has 0 aliphatic heterocycles. The molecule has 76 valence electrons. The zero-order chi connectivity index (χ0) is 10.6. The molecular formula is C10H11ClO3. The van der Waals surface area contributed by atoms with Crippen LogP contribution in [0.4, 0.5) is 0 Å². The Kier molecular flexibility index (Phi) is 3.77. The number of ether oxygens (including phenoxy) is 1. The van der Waals surface area contributed by atoms with Gasteiger partial charge in [0, 0.05) is 0 Å². The van der Waals surface area contributed by atoms with Crippen molar-refractivity contribution in [2.75, 3.05) is 0 Å². The average Bonchev–Trinajstić information content (AvgIpc) is 2.18. The van der Waals surface area contributed by atoms with Gasteiger partial charge in [-0.25, -0.2) is 4.79 Å². The van der Waals surface area contributed by atoms with Crippen molar-refractivity contribution in [1.82, 2.24) is 0 Å². The van der Waals surface area contributed by atoms with Gasteiger partial charge in [0.2, 0.25) is 0 Å². The first kappa shape index (κ1) is 10.9. The maximum Gasteiger partial charge on any atom is 0.335 e. The van der Waals surface area contributed by atoms with Crippen molar-refractivity contribution in [3.05, 3.63) is 29.8 Å². The van der Waals surface area contributed by atoms with Crippen LogP contribution in [0.1, 0.15) is 23.7 Å². The van der Waals surface area contributed by atoms with Crippen molar-refractivity contribution in [1.29, 1.82) is 0 Å². The molecule has 1 atom stereocenters. The summed E-state index contributed by atoms with van der Waals surface area (Å²) in [6.07, 6.45) is 0.666. The summed E-state index contributed by atoms with van der Waals surface area (Å²) in [5.74, 6) is -0.496. The highest BCUT2D eigenvalue weighted by Gasteiger charge is 2.06. The highest BCUT2D eigenvalue weighted by Crippen LogP contribution is 2.17. The topological polar surface area (TPSA) is 46.5 Å². The minimum absolute atomic E-state index is 0.197. The van der Waals surface area contributed by atoms with Gasteiger partial charge in [-0.15, -0.1) is 0 Å². The normalized spacial score (nSPS) is 12.1. The largest absolute Gasteiger partial charge is 0.478 e. The molecular weight excluding hydrogens is 204 g/mol. The maximum absolute atomic E-state index is 10.6. The quantitative estimate of drug-likeness (QED) is 0.784. The molecule has 0 amide bonds. The lowest BCUT2D eigenvalue weighted by atomic mass is 10.2. The number of carboxylic acids is 1. The Hall–Kier alpha value is -1.22. The van der Waals surface area contributed by atoms with Crippen LogP contribution in [-0.4, -0.2) is 16.6 Å². The second kappa shape index (κ2) is 4.86. The Morgan fingerprint density at radius 2 is 2.36 bits per heavy atom. The van der Waals surface area contributed by atoms with Gasteiger partial charge >= 0.3 is 5.97 Å². The van der Waals surface area contributed by atoms with E-state index in [1.54, 1.807) is 12.1 Å². The van der Waals surface area contributed by atoms with Crippen molar-refractivity contribution in [3.63, 3.8) is 0 Å². The summed E-state index contributed by atoms with van der Waals surface area (Å²) in [5, 5.41) is 8.71. The second-order valence-electron chi connectivity index (χ2n) is 2.77. The number of rotatable bonds is 4. The van der Waals surface area contributed by atoms with Gasteiger partial charge in [0.25, 0.3) is 0 Å².